The second-order valence-electron chi connectivity index (χ2n) is 5.74. The third kappa shape index (κ3) is 3.42. The van der Waals surface area contributed by atoms with Gasteiger partial charge in [-0.05, 0) is 31.9 Å². The minimum absolute atomic E-state index is 0.563. The lowest BCUT2D eigenvalue weighted by molar-refractivity contribution is 0.183. The molecule has 0 aliphatic carbocycles. The number of likely N-dealkylation sites (tertiary alicyclic amines) is 1. The minimum atomic E-state index is 0.563. The summed E-state index contributed by atoms with van der Waals surface area (Å²) < 4.78 is 5.30. The van der Waals surface area contributed by atoms with Crippen LogP contribution in [0.15, 0.2) is 35.0 Å². The van der Waals surface area contributed by atoms with E-state index in [1.165, 1.54) is 0 Å². The van der Waals surface area contributed by atoms with Crippen LogP contribution in [0.3, 0.4) is 0 Å². The van der Waals surface area contributed by atoms with Crippen LogP contribution in [0.4, 0.5) is 5.82 Å². The molecule has 0 saturated carbocycles. The zero-order valence-electron chi connectivity index (χ0n) is 12.7. The highest BCUT2D eigenvalue weighted by molar-refractivity contribution is 5.38. The maximum atomic E-state index is 5.30. The molecule has 0 atom stereocenters. The third-order valence-corrected chi connectivity index (χ3v) is 4.17. The molecule has 5 nitrogen and oxygen atoms in total. The highest BCUT2D eigenvalue weighted by Gasteiger charge is 2.23. The van der Waals surface area contributed by atoms with E-state index < -0.39 is 0 Å². The van der Waals surface area contributed by atoms with Gasteiger partial charge in [-0.1, -0.05) is 11.2 Å². The van der Waals surface area contributed by atoms with Crippen molar-refractivity contribution in [1.29, 1.82) is 0 Å². The molecule has 1 saturated heterocycles. The van der Waals surface area contributed by atoms with Crippen molar-refractivity contribution in [2.45, 2.75) is 32.4 Å². The number of nitrogens with zero attached hydrogens (tertiary/aromatic N) is 4. The maximum Gasteiger partial charge on any atom is 0.150 e. The number of piperidine rings is 1. The number of rotatable bonds is 4. The summed E-state index contributed by atoms with van der Waals surface area (Å²) in [5.41, 5.74) is 0.953. The second-order valence-corrected chi connectivity index (χ2v) is 5.74. The van der Waals surface area contributed by atoms with E-state index in [0.717, 1.165) is 49.7 Å². The Morgan fingerprint density at radius 3 is 2.76 bits per heavy atom. The molecule has 0 N–H and O–H groups in total. The summed E-state index contributed by atoms with van der Waals surface area (Å²) in [4.78, 5) is 9.17. The second kappa shape index (κ2) is 6.26. The van der Waals surface area contributed by atoms with Crippen LogP contribution >= 0.6 is 0 Å². The smallest absolute Gasteiger partial charge is 0.150 e. The Kier molecular flexibility index (Phi) is 4.20. The molecular formula is C16H22N4O. The molecule has 1 aliphatic rings. The summed E-state index contributed by atoms with van der Waals surface area (Å²) >= 11 is 0. The first-order valence-electron chi connectivity index (χ1n) is 7.51. The first kappa shape index (κ1) is 14.1. The molecule has 0 bridgehead atoms. The zero-order chi connectivity index (χ0) is 14.7. The number of hydrogen-bond acceptors (Lipinski definition) is 5. The predicted octanol–water partition coefficient (Wildman–Crippen LogP) is 2.48. The van der Waals surface area contributed by atoms with Crippen molar-refractivity contribution in [3.05, 3.63) is 41.9 Å². The molecule has 2 aromatic rings. The molecule has 3 rings (SSSR count). The average Bonchev–Trinajstić information content (AvgIpc) is 2.93. The quantitative estimate of drug-likeness (QED) is 0.864. The van der Waals surface area contributed by atoms with E-state index in [4.69, 9.17) is 4.52 Å². The topological polar surface area (TPSA) is 45.4 Å². The summed E-state index contributed by atoms with van der Waals surface area (Å²) in [6, 6.07) is 8.66. The van der Waals surface area contributed by atoms with Gasteiger partial charge in [0.15, 0.2) is 5.76 Å². The standard InChI is InChI=1S/C16H22N4O/c1-13-11-15(21-18-13)12-20-9-6-14(7-10-20)19(2)16-5-3-4-8-17-16/h3-5,8,11,14H,6-7,9-10,12H2,1-2H3. The van der Waals surface area contributed by atoms with Crippen molar-refractivity contribution >= 4 is 5.82 Å². The van der Waals surface area contributed by atoms with Gasteiger partial charge in [0.2, 0.25) is 0 Å². The van der Waals surface area contributed by atoms with Crippen molar-refractivity contribution in [2.75, 3.05) is 25.0 Å². The molecular weight excluding hydrogens is 264 g/mol. The Hall–Kier alpha value is -1.88. The van der Waals surface area contributed by atoms with Crippen molar-refractivity contribution < 1.29 is 4.52 Å². The molecule has 3 heterocycles. The van der Waals surface area contributed by atoms with Gasteiger partial charge in [0, 0.05) is 38.4 Å². The highest BCUT2D eigenvalue weighted by atomic mass is 16.5. The summed E-state index contributed by atoms with van der Waals surface area (Å²) in [6.45, 7) is 4.99. The Morgan fingerprint density at radius 2 is 2.14 bits per heavy atom. The lowest BCUT2D eigenvalue weighted by atomic mass is 10.0. The minimum Gasteiger partial charge on any atom is -0.360 e. The molecule has 0 spiro atoms. The van der Waals surface area contributed by atoms with E-state index >= 15 is 0 Å². The molecule has 5 heteroatoms. The van der Waals surface area contributed by atoms with Gasteiger partial charge in [0.25, 0.3) is 0 Å². The van der Waals surface area contributed by atoms with Gasteiger partial charge in [-0.15, -0.1) is 0 Å². The number of pyridine rings is 1. The molecule has 112 valence electrons. The van der Waals surface area contributed by atoms with Crippen LogP contribution in [-0.2, 0) is 6.54 Å². The monoisotopic (exact) mass is 286 g/mol. The molecule has 0 amide bonds. The lowest BCUT2D eigenvalue weighted by Crippen LogP contribution is -2.43. The molecule has 21 heavy (non-hydrogen) atoms. The van der Waals surface area contributed by atoms with Crippen molar-refractivity contribution in [3.8, 4) is 0 Å². The highest BCUT2D eigenvalue weighted by Crippen LogP contribution is 2.21. The molecule has 1 fully saturated rings. The van der Waals surface area contributed by atoms with Gasteiger partial charge < -0.3 is 9.42 Å². The van der Waals surface area contributed by atoms with Gasteiger partial charge in [0.05, 0.1) is 12.2 Å². The van der Waals surface area contributed by atoms with Gasteiger partial charge in [-0.3, -0.25) is 4.90 Å². The number of hydrogen-bond donors (Lipinski definition) is 0. The number of aryl methyl sites for hydroxylation is 1. The maximum absolute atomic E-state index is 5.30. The fourth-order valence-corrected chi connectivity index (χ4v) is 2.93. The SMILES string of the molecule is Cc1cc(CN2CCC(N(C)c3ccccn3)CC2)on1. The summed E-state index contributed by atoms with van der Waals surface area (Å²) in [7, 11) is 2.14. The van der Waals surface area contributed by atoms with E-state index in [2.05, 4.69) is 33.1 Å². The Labute approximate surface area is 125 Å². The first-order chi connectivity index (χ1) is 10.2. The van der Waals surface area contributed by atoms with Gasteiger partial charge >= 0.3 is 0 Å². The fraction of sp³-hybridized carbons (Fsp3) is 0.500. The summed E-state index contributed by atoms with van der Waals surface area (Å²) in [5, 5.41) is 3.95. The van der Waals surface area contributed by atoms with Crippen LogP contribution in [0.2, 0.25) is 0 Å². The van der Waals surface area contributed by atoms with Crippen LogP contribution in [-0.4, -0.2) is 41.2 Å². The van der Waals surface area contributed by atoms with Crippen LogP contribution in [0, 0.1) is 6.92 Å². The van der Waals surface area contributed by atoms with Gasteiger partial charge in [-0.25, -0.2) is 4.98 Å². The average molecular weight is 286 g/mol. The molecule has 1 aliphatic heterocycles. The largest absolute Gasteiger partial charge is 0.360 e. The van der Waals surface area contributed by atoms with Gasteiger partial charge in [0.1, 0.15) is 5.82 Å². The normalized spacial score (nSPS) is 17.0. The molecule has 0 radical (unpaired) electrons. The van der Waals surface area contributed by atoms with Crippen molar-refractivity contribution in [2.24, 2.45) is 0 Å². The van der Waals surface area contributed by atoms with E-state index in [-0.39, 0.29) is 0 Å². The summed E-state index contributed by atoms with van der Waals surface area (Å²) in [5.74, 6) is 2.02. The van der Waals surface area contributed by atoms with Gasteiger partial charge in [-0.2, -0.15) is 0 Å². The number of anilines is 1. The van der Waals surface area contributed by atoms with Crippen LogP contribution in [0.1, 0.15) is 24.3 Å². The van der Waals surface area contributed by atoms with Crippen LogP contribution in [0.5, 0.6) is 0 Å². The molecule has 2 aromatic heterocycles. The fourth-order valence-electron chi connectivity index (χ4n) is 2.93. The van der Waals surface area contributed by atoms with E-state index in [1.54, 1.807) is 0 Å². The van der Waals surface area contributed by atoms with Crippen LogP contribution < -0.4 is 4.90 Å². The zero-order valence-corrected chi connectivity index (χ0v) is 12.7. The Morgan fingerprint density at radius 1 is 1.33 bits per heavy atom. The lowest BCUT2D eigenvalue weighted by Gasteiger charge is -2.36. The molecule has 0 aromatic carbocycles. The van der Waals surface area contributed by atoms with E-state index in [9.17, 15) is 0 Å². The van der Waals surface area contributed by atoms with Crippen LogP contribution in [0.25, 0.3) is 0 Å². The molecule has 0 unspecified atom stereocenters. The summed E-state index contributed by atoms with van der Waals surface area (Å²) in [6.07, 6.45) is 4.16. The predicted molar refractivity (Wildman–Crippen MR) is 82.2 cm³/mol. The number of aromatic nitrogens is 2. The van der Waals surface area contributed by atoms with E-state index in [0.29, 0.717) is 6.04 Å². The van der Waals surface area contributed by atoms with Crippen molar-refractivity contribution in [1.82, 2.24) is 15.0 Å². The van der Waals surface area contributed by atoms with E-state index in [1.807, 2.05) is 31.3 Å². The Balaban J connectivity index is 1.53. The third-order valence-electron chi connectivity index (χ3n) is 4.17. The van der Waals surface area contributed by atoms with Crippen molar-refractivity contribution in [3.63, 3.8) is 0 Å². The first-order valence-corrected chi connectivity index (χ1v) is 7.51. The Bertz CT molecular complexity index is 561.